The lowest BCUT2D eigenvalue weighted by atomic mass is 9.95. The smallest absolute Gasteiger partial charge is 0.295 e. The molecule has 1 atom stereocenters. The molecule has 0 aromatic heterocycles. The highest BCUT2D eigenvalue weighted by molar-refractivity contribution is 6.46. The lowest BCUT2D eigenvalue weighted by Gasteiger charge is -2.25. The van der Waals surface area contributed by atoms with Crippen LogP contribution in [0.15, 0.2) is 66.8 Å². The van der Waals surface area contributed by atoms with E-state index in [9.17, 15) is 14.7 Å². The maximum atomic E-state index is 12.9. The monoisotopic (exact) mass is 421 g/mol. The first-order chi connectivity index (χ1) is 15.0. The summed E-state index contributed by atoms with van der Waals surface area (Å²) in [7, 11) is 1.59. The second kappa shape index (κ2) is 10.1. The summed E-state index contributed by atoms with van der Waals surface area (Å²) in [5, 5.41) is 11.0. The quantitative estimate of drug-likeness (QED) is 0.218. The van der Waals surface area contributed by atoms with Gasteiger partial charge in [-0.2, -0.15) is 0 Å². The first-order valence-electron chi connectivity index (χ1n) is 10.2. The van der Waals surface area contributed by atoms with Crippen LogP contribution in [-0.4, -0.2) is 48.6 Å². The first-order valence-corrected chi connectivity index (χ1v) is 10.2. The van der Waals surface area contributed by atoms with Gasteiger partial charge in [-0.1, -0.05) is 54.6 Å². The molecule has 1 heterocycles. The SMILES string of the molecule is C=CCOc1ccc(C2/C(=C(/O)c3ccc(C)cc3)C(=O)C(=O)N2CCCOC)cc1. The van der Waals surface area contributed by atoms with Crippen molar-refractivity contribution in [3.63, 3.8) is 0 Å². The van der Waals surface area contributed by atoms with Crippen LogP contribution in [0.5, 0.6) is 5.75 Å². The summed E-state index contributed by atoms with van der Waals surface area (Å²) in [4.78, 5) is 27.3. The average Bonchev–Trinajstić information content (AvgIpc) is 3.03. The number of carbonyl (C=O) groups excluding carboxylic acids is 2. The molecular weight excluding hydrogens is 394 g/mol. The van der Waals surface area contributed by atoms with E-state index in [-0.39, 0.29) is 11.3 Å². The molecular formula is C25H27NO5. The number of hydrogen-bond donors (Lipinski definition) is 1. The Balaban J connectivity index is 2.05. The number of aliphatic hydroxyl groups excluding tert-OH is 1. The molecule has 0 spiro atoms. The van der Waals surface area contributed by atoms with Gasteiger partial charge in [-0.15, -0.1) is 0 Å². The predicted octanol–water partition coefficient (Wildman–Crippen LogP) is 4.02. The van der Waals surface area contributed by atoms with Crippen LogP contribution in [-0.2, 0) is 14.3 Å². The number of ether oxygens (including phenoxy) is 2. The minimum Gasteiger partial charge on any atom is -0.507 e. The minimum atomic E-state index is -0.688. The molecule has 0 radical (unpaired) electrons. The zero-order valence-electron chi connectivity index (χ0n) is 17.8. The van der Waals surface area contributed by atoms with Crippen LogP contribution in [0.1, 0.15) is 29.2 Å². The fourth-order valence-corrected chi connectivity index (χ4v) is 3.60. The number of aliphatic hydroxyl groups is 1. The maximum absolute atomic E-state index is 12.9. The summed E-state index contributed by atoms with van der Waals surface area (Å²) >= 11 is 0. The van der Waals surface area contributed by atoms with Gasteiger partial charge in [0.05, 0.1) is 11.6 Å². The standard InChI is InChI=1S/C25H27NO5/c1-4-15-31-20-12-10-18(11-13-20)22-21(23(27)19-8-6-17(2)7-9-19)24(28)25(29)26(22)14-5-16-30-3/h4,6-13,22,27H,1,5,14-16H2,2-3H3/b23-21-. The van der Waals surface area contributed by atoms with Crippen molar-refractivity contribution in [1.29, 1.82) is 0 Å². The number of ketones is 1. The van der Waals surface area contributed by atoms with Crippen molar-refractivity contribution in [1.82, 2.24) is 4.90 Å². The number of methoxy groups -OCH3 is 1. The van der Waals surface area contributed by atoms with Crippen LogP contribution in [0.3, 0.4) is 0 Å². The van der Waals surface area contributed by atoms with Crippen molar-refractivity contribution in [2.24, 2.45) is 0 Å². The minimum absolute atomic E-state index is 0.0889. The Morgan fingerprint density at radius 3 is 2.42 bits per heavy atom. The van der Waals surface area contributed by atoms with Gasteiger partial charge in [0.2, 0.25) is 0 Å². The molecule has 1 saturated heterocycles. The molecule has 1 aliphatic rings. The molecule has 0 bridgehead atoms. The number of likely N-dealkylation sites (tertiary alicyclic amines) is 1. The second-order valence-corrected chi connectivity index (χ2v) is 7.37. The van der Waals surface area contributed by atoms with Crippen molar-refractivity contribution in [2.45, 2.75) is 19.4 Å². The summed E-state index contributed by atoms with van der Waals surface area (Å²) in [6, 6.07) is 13.7. The molecule has 1 N–H and O–H groups in total. The molecule has 0 saturated carbocycles. The highest BCUT2D eigenvalue weighted by Gasteiger charge is 2.45. The molecule has 2 aromatic rings. The van der Waals surface area contributed by atoms with E-state index in [2.05, 4.69) is 6.58 Å². The topological polar surface area (TPSA) is 76.1 Å². The van der Waals surface area contributed by atoms with E-state index in [0.717, 1.165) is 11.1 Å². The summed E-state index contributed by atoms with van der Waals surface area (Å²) in [5.74, 6) is -0.836. The molecule has 1 fully saturated rings. The second-order valence-electron chi connectivity index (χ2n) is 7.37. The summed E-state index contributed by atoms with van der Waals surface area (Å²) in [5.41, 5.74) is 2.34. The predicted molar refractivity (Wildman–Crippen MR) is 119 cm³/mol. The normalized spacial score (nSPS) is 17.7. The molecule has 31 heavy (non-hydrogen) atoms. The molecule has 2 aromatic carbocycles. The van der Waals surface area contributed by atoms with Gasteiger partial charge in [0.1, 0.15) is 18.1 Å². The van der Waals surface area contributed by atoms with Crippen LogP contribution in [0.25, 0.3) is 5.76 Å². The van der Waals surface area contributed by atoms with Crippen molar-refractivity contribution in [3.05, 3.63) is 83.4 Å². The Bertz CT molecular complexity index is 976. The van der Waals surface area contributed by atoms with Gasteiger partial charge < -0.3 is 19.5 Å². The third-order valence-electron chi connectivity index (χ3n) is 5.18. The molecule has 3 rings (SSSR count). The molecule has 6 nitrogen and oxygen atoms in total. The molecule has 162 valence electrons. The molecule has 0 aliphatic carbocycles. The summed E-state index contributed by atoms with van der Waals surface area (Å²) in [6.45, 7) is 6.74. The largest absolute Gasteiger partial charge is 0.507 e. The van der Waals surface area contributed by atoms with Crippen LogP contribution in [0.4, 0.5) is 0 Å². The van der Waals surface area contributed by atoms with E-state index in [4.69, 9.17) is 9.47 Å². The number of nitrogens with zero attached hydrogens (tertiary/aromatic N) is 1. The van der Waals surface area contributed by atoms with E-state index < -0.39 is 17.7 Å². The van der Waals surface area contributed by atoms with Gasteiger partial charge in [0.15, 0.2) is 0 Å². The highest BCUT2D eigenvalue weighted by atomic mass is 16.5. The molecule has 6 heteroatoms. The number of hydrogen-bond acceptors (Lipinski definition) is 5. The third kappa shape index (κ3) is 4.86. The van der Waals surface area contributed by atoms with Gasteiger partial charge in [0.25, 0.3) is 11.7 Å². The Morgan fingerprint density at radius 2 is 1.81 bits per heavy atom. The van der Waals surface area contributed by atoms with Crippen molar-refractivity contribution in [2.75, 3.05) is 26.9 Å². The van der Waals surface area contributed by atoms with Gasteiger partial charge in [-0.05, 0) is 31.0 Å². The van der Waals surface area contributed by atoms with Gasteiger partial charge in [-0.25, -0.2) is 0 Å². The number of rotatable bonds is 9. The molecule has 1 unspecified atom stereocenters. The van der Waals surface area contributed by atoms with Crippen LogP contribution >= 0.6 is 0 Å². The van der Waals surface area contributed by atoms with Crippen molar-refractivity contribution in [3.8, 4) is 5.75 Å². The number of benzene rings is 2. The van der Waals surface area contributed by atoms with E-state index in [1.807, 2.05) is 19.1 Å². The first kappa shape index (κ1) is 22.3. The van der Waals surface area contributed by atoms with Crippen LogP contribution in [0, 0.1) is 6.92 Å². The maximum Gasteiger partial charge on any atom is 0.295 e. The fourth-order valence-electron chi connectivity index (χ4n) is 3.60. The Kier molecular flexibility index (Phi) is 7.26. The van der Waals surface area contributed by atoms with E-state index in [0.29, 0.717) is 37.5 Å². The lowest BCUT2D eigenvalue weighted by Crippen LogP contribution is -2.31. The summed E-state index contributed by atoms with van der Waals surface area (Å²) in [6.07, 6.45) is 2.23. The zero-order chi connectivity index (χ0) is 22.4. The number of Topliss-reactive ketones (excluding diaryl/α,β-unsaturated/α-hetero) is 1. The van der Waals surface area contributed by atoms with E-state index in [1.54, 1.807) is 49.6 Å². The highest BCUT2D eigenvalue weighted by Crippen LogP contribution is 2.39. The van der Waals surface area contributed by atoms with E-state index in [1.165, 1.54) is 4.90 Å². The van der Waals surface area contributed by atoms with Crippen molar-refractivity contribution < 1.29 is 24.2 Å². The molecule has 1 amide bonds. The van der Waals surface area contributed by atoms with Crippen LogP contribution in [0.2, 0.25) is 0 Å². The molecule has 1 aliphatic heterocycles. The fraction of sp³-hybridized carbons (Fsp3) is 0.280. The lowest BCUT2D eigenvalue weighted by molar-refractivity contribution is -0.140. The number of aryl methyl sites for hydroxylation is 1. The third-order valence-corrected chi connectivity index (χ3v) is 5.18. The Morgan fingerprint density at radius 1 is 1.13 bits per heavy atom. The van der Waals surface area contributed by atoms with Crippen molar-refractivity contribution >= 4 is 17.4 Å². The zero-order valence-corrected chi connectivity index (χ0v) is 17.8. The summed E-state index contributed by atoms with van der Waals surface area (Å²) < 4.78 is 10.6. The van der Waals surface area contributed by atoms with Gasteiger partial charge in [0, 0.05) is 25.8 Å². The average molecular weight is 421 g/mol. The number of carbonyl (C=O) groups is 2. The van der Waals surface area contributed by atoms with Gasteiger partial charge in [-0.3, -0.25) is 9.59 Å². The van der Waals surface area contributed by atoms with E-state index >= 15 is 0 Å². The van der Waals surface area contributed by atoms with Gasteiger partial charge >= 0.3 is 0 Å². The Hall–Kier alpha value is -3.38. The Labute approximate surface area is 182 Å². The number of amides is 1. The van der Waals surface area contributed by atoms with Crippen LogP contribution < -0.4 is 4.74 Å².